The van der Waals surface area contributed by atoms with Gasteiger partial charge in [-0.1, -0.05) is 65.7 Å². The minimum Gasteiger partial charge on any atom is -0.382 e. The third-order valence-electron chi connectivity index (χ3n) is 4.21. The molecule has 0 bridgehead atoms. The molecule has 0 radical (unpaired) electrons. The fourth-order valence-corrected chi connectivity index (χ4v) is 2.88. The Morgan fingerprint density at radius 1 is 0.900 bits per heavy atom. The van der Waals surface area contributed by atoms with Gasteiger partial charge in [-0.25, -0.2) is 4.98 Å². The zero-order chi connectivity index (χ0) is 14.8. The van der Waals surface area contributed by atoms with Crippen LogP contribution in [0.4, 0.5) is 5.82 Å². The van der Waals surface area contributed by atoms with Crippen LogP contribution >= 0.6 is 0 Å². The summed E-state index contributed by atoms with van der Waals surface area (Å²) in [6, 6.07) is 0. The normalized spacial score (nSPS) is 14.2. The first kappa shape index (κ1) is 16.9. The number of nitrogens with zero attached hydrogens (tertiary/aromatic N) is 2. The highest BCUT2D eigenvalue weighted by Gasteiger charge is 2.29. The maximum atomic E-state index is 6.07. The van der Waals surface area contributed by atoms with Gasteiger partial charge in [-0.3, -0.25) is 4.98 Å². The first-order valence-corrected chi connectivity index (χ1v) is 8.21. The molecule has 114 valence electrons. The predicted octanol–water partition coefficient (Wildman–Crippen LogP) is 4.87. The number of anilines is 1. The quantitative estimate of drug-likeness (QED) is 0.621. The summed E-state index contributed by atoms with van der Waals surface area (Å²) in [5.74, 6) is 0.613. The lowest BCUT2D eigenvalue weighted by molar-refractivity contribution is 0.357. The summed E-state index contributed by atoms with van der Waals surface area (Å²) in [4.78, 5) is 8.77. The zero-order valence-corrected chi connectivity index (χ0v) is 13.5. The lowest BCUT2D eigenvalue weighted by Gasteiger charge is -2.30. The first-order valence-electron chi connectivity index (χ1n) is 8.21. The molecule has 20 heavy (non-hydrogen) atoms. The van der Waals surface area contributed by atoms with E-state index in [0.717, 1.165) is 12.1 Å². The van der Waals surface area contributed by atoms with Crippen LogP contribution < -0.4 is 5.73 Å². The van der Waals surface area contributed by atoms with E-state index in [4.69, 9.17) is 5.73 Å². The average molecular weight is 277 g/mol. The lowest BCUT2D eigenvalue weighted by atomic mass is 9.76. The summed E-state index contributed by atoms with van der Waals surface area (Å²) < 4.78 is 0. The molecule has 1 heterocycles. The number of unbranched alkanes of at least 4 members (excludes halogenated alkanes) is 5. The van der Waals surface area contributed by atoms with Crippen LogP contribution in [0.25, 0.3) is 0 Å². The van der Waals surface area contributed by atoms with Gasteiger partial charge in [-0.15, -0.1) is 0 Å². The Balaban J connectivity index is 2.75. The van der Waals surface area contributed by atoms with Gasteiger partial charge in [0, 0.05) is 17.8 Å². The summed E-state index contributed by atoms with van der Waals surface area (Å²) in [5.41, 5.74) is 7.16. The van der Waals surface area contributed by atoms with Crippen LogP contribution in [-0.2, 0) is 5.41 Å². The first-order chi connectivity index (χ1) is 9.64. The van der Waals surface area contributed by atoms with Gasteiger partial charge in [-0.2, -0.15) is 0 Å². The van der Waals surface area contributed by atoms with Crippen LogP contribution in [0.5, 0.6) is 0 Å². The molecule has 1 rings (SSSR count). The number of hydrogen-bond donors (Lipinski definition) is 1. The molecule has 0 spiro atoms. The van der Waals surface area contributed by atoms with Crippen molar-refractivity contribution < 1.29 is 0 Å². The average Bonchev–Trinajstić information content (AvgIpc) is 2.44. The van der Waals surface area contributed by atoms with E-state index in [2.05, 4.69) is 30.7 Å². The Morgan fingerprint density at radius 2 is 1.45 bits per heavy atom. The van der Waals surface area contributed by atoms with Crippen molar-refractivity contribution in [3.63, 3.8) is 0 Å². The molecule has 0 aliphatic heterocycles. The molecule has 0 saturated carbocycles. The highest BCUT2D eigenvalue weighted by molar-refractivity contribution is 5.38. The third kappa shape index (κ3) is 5.10. The molecule has 1 atom stereocenters. The summed E-state index contributed by atoms with van der Waals surface area (Å²) in [5, 5.41) is 0. The summed E-state index contributed by atoms with van der Waals surface area (Å²) in [6.45, 7) is 6.81. The van der Waals surface area contributed by atoms with E-state index in [9.17, 15) is 0 Å². The van der Waals surface area contributed by atoms with Crippen molar-refractivity contribution >= 4 is 5.82 Å². The van der Waals surface area contributed by atoms with Gasteiger partial charge in [0.15, 0.2) is 0 Å². The molecule has 1 aromatic rings. The zero-order valence-electron chi connectivity index (χ0n) is 13.5. The second-order valence-electron chi connectivity index (χ2n) is 6.12. The Labute approximate surface area is 124 Å². The van der Waals surface area contributed by atoms with Crippen molar-refractivity contribution in [2.24, 2.45) is 0 Å². The third-order valence-corrected chi connectivity index (χ3v) is 4.21. The van der Waals surface area contributed by atoms with Crippen molar-refractivity contribution in [3.05, 3.63) is 18.1 Å². The standard InChI is InChI=1S/C17H31N3/c1-4-6-8-10-12-17(3,11-9-7-5-2)15-16(18)20-14-13-19-15/h13-14H,4-12H2,1-3H3,(H2,18,20). The fourth-order valence-electron chi connectivity index (χ4n) is 2.88. The van der Waals surface area contributed by atoms with Crippen LogP contribution in [0.15, 0.2) is 12.4 Å². The second-order valence-corrected chi connectivity index (χ2v) is 6.12. The number of rotatable bonds is 10. The number of hydrogen-bond acceptors (Lipinski definition) is 3. The number of aromatic nitrogens is 2. The highest BCUT2D eigenvalue weighted by atomic mass is 14.9. The minimum atomic E-state index is 0.0846. The Bertz CT molecular complexity index is 378. The van der Waals surface area contributed by atoms with E-state index < -0.39 is 0 Å². The lowest BCUT2D eigenvalue weighted by Crippen LogP contribution is -2.25. The fraction of sp³-hybridized carbons (Fsp3) is 0.765. The van der Waals surface area contributed by atoms with Gasteiger partial charge in [0.2, 0.25) is 0 Å². The van der Waals surface area contributed by atoms with Gasteiger partial charge in [0.25, 0.3) is 0 Å². The predicted molar refractivity (Wildman–Crippen MR) is 86.7 cm³/mol. The molecular formula is C17H31N3. The molecule has 0 aromatic carbocycles. The molecule has 3 nitrogen and oxygen atoms in total. The second kappa shape index (κ2) is 8.93. The van der Waals surface area contributed by atoms with Crippen LogP contribution in [0, 0.1) is 0 Å². The SMILES string of the molecule is CCCCCCC(C)(CCCCC)c1nccnc1N. The smallest absolute Gasteiger partial charge is 0.145 e. The van der Waals surface area contributed by atoms with E-state index in [1.54, 1.807) is 12.4 Å². The van der Waals surface area contributed by atoms with Crippen LogP contribution in [0.1, 0.15) is 84.3 Å². The van der Waals surface area contributed by atoms with Gasteiger partial charge in [0.05, 0.1) is 5.69 Å². The van der Waals surface area contributed by atoms with Gasteiger partial charge >= 0.3 is 0 Å². The molecular weight excluding hydrogens is 246 g/mol. The Hall–Kier alpha value is -1.12. The monoisotopic (exact) mass is 277 g/mol. The minimum absolute atomic E-state index is 0.0846. The molecule has 3 heteroatoms. The van der Waals surface area contributed by atoms with E-state index in [-0.39, 0.29) is 5.41 Å². The van der Waals surface area contributed by atoms with Gasteiger partial charge in [-0.05, 0) is 12.8 Å². The molecule has 2 N–H and O–H groups in total. The Morgan fingerprint density at radius 3 is 2.05 bits per heavy atom. The van der Waals surface area contributed by atoms with E-state index >= 15 is 0 Å². The van der Waals surface area contributed by atoms with Crippen molar-refractivity contribution in [2.75, 3.05) is 5.73 Å². The molecule has 0 saturated heterocycles. The highest BCUT2D eigenvalue weighted by Crippen LogP contribution is 2.36. The van der Waals surface area contributed by atoms with Crippen LogP contribution in [-0.4, -0.2) is 9.97 Å². The van der Waals surface area contributed by atoms with Crippen molar-refractivity contribution in [2.45, 2.75) is 84.0 Å². The summed E-state index contributed by atoms with van der Waals surface area (Å²) in [6.07, 6.45) is 14.7. The molecule has 0 fully saturated rings. The number of nitrogen functional groups attached to an aromatic ring is 1. The van der Waals surface area contributed by atoms with Crippen LogP contribution in [0.2, 0.25) is 0 Å². The maximum absolute atomic E-state index is 6.07. The Kier molecular flexibility index (Phi) is 7.56. The van der Waals surface area contributed by atoms with E-state index in [1.807, 2.05) is 0 Å². The number of nitrogens with two attached hydrogens (primary N) is 1. The molecule has 0 amide bonds. The molecule has 1 unspecified atom stereocenters. The van der Waals surface area contributed by atoms with E-state index in [0.29, 0.717) is 5.82 Å². The van der Waals surface area contributed by atoms with Crippen molar-refractivity contribution in [1.82, 2.24) is 9.97 Å². The van der Waals surface area contributed by atoms with Gasteiger partial charge in [0.1, 0.15) is 5.82 Å². The summed E-state index contributed by atoms with van der Waals surface area (Å²) >= 11 is 0. The summed E-state index contributed by atoms with van der Waals surface area (Å²) in [7, 11) is 0. The topological polar surface area (TPSA) is 51.8 Å². The maximum Gasteiger partial charge on any atom is 0.145 e. The molecule has 0 aliphatic rings. The van der Waals surface area contributed by atoms with Gasteiger partial charge < -0.3 is 5.73 Å². The molecule has 1 aromatic heterocycles. The van der Waals surface area contributed by atoms with E-state index in [1.165, 1.54) is 51.4 Å². The van der Waals surface area contributed by atoms with Crippen molar-refractivity contribution in [3.8, 4) is 0 Å². The largest absolute Gasteiger partial charge is 0.382 e. The van der Waals surface area contributed by atoms with Crippen molar-refractivity contribution in [1.29, 1.82) is 0 Å². The molecule has 0 aliphatic carbocycles. The van der Waals surface area contributed by atoms with Crippen LogP contribution in [0.3, 0.4) is 0 Å².